The van der Waals surface area contributed by atoms with Gasteiger partial charge in [0, 0.05) is 38.0 Å². The van der Waals surface area contributed by atoms with Gasteiger partial charge in [-0.05, 0) is 62.2 Å². The normalized spacial score (nSPS) is 19.9. The number of hydrogen-bond acceptors (Lipinski definition) is 6. The van der Waals surface area contributed by atoms with Crippen LogP contribution in [-0.2, 0) is 17.8 Å². The summed E-state index contributed by atoms with van der Waals surface area (Å²) in [7, 11) is 2.14. The molecule has 0 amide bonds. The number of aliphatic hydroxyl groups is 1. The first-order chi connectivity index (χ1) is 16.5. The average Bonchev–Trinajstić information content (AvgIpc) is 3.47. The van der Waals surface area contributed by atoms with E-state index in [0.717, 1.165) is 49.9 Å². The Hall–Kier alpha value is -2.74. The third-order valence-corrected chi connectivity index (χ3v) is 7.11. The predicted molar refractivity (Wildman–Crippen MR) is 132 cm³/mol. The standard InChI is InChI=1S/C27H34N4O3/c1-29-12-11-23(17-29)31-27-9-8-26(14-22(27)15-28-31)34-19-25(33)7-6-24(32)18-30-13-10-20-4-2-3-5-21(20)16-30/h2-5,8-9,14-15,23-24,32H,6-7,10-13,16-19H2,1H3. The van der Waals surface area contributed by atoms with Gasteiger partial charge in [0.05, 0.1) is 23.9 Å². The van der Waals surface area contributed by atoms with Gasteiger partial charge in [-0.3, -0.25) is 14.4 Å². The minimum Gasteiger partial charge on any atom is -0.486 e. The van der Waals surface area contributed by atoms with E-state index in [9.17, 15) is 9.90 Å². The lowest BCUT2D eigenvalue weighted by Gasteiger charge is -2.30. The number of carbonyl (C=O) groups is 1. The van der Waals surface area contributed by atoms with Crippen LogP contribution in [0.4, 0.5) is 0 Å². The number of aliphatic hydroxyl groups excluding tert-OH is 1. The molecule has 0 saturated carbocycles. The number of aromatic nitrogens is 2. The second kappa shape index (κ2) is 10.3. The number of β-amino-alcohol motifs (C(OH)–C–C–N with tert-alkyl or cyclic N) is 1. The van der Waals surface area contributed by atoms with Crippen LogP contribution in [0.2, 0.25) is 0 Å². The monoisotopic (exact) mass is 462 g/mol. The summed E-state index contributed by atoms with van der Waals surface area (Å²) in [4.78, 5) is 17.0. The first-order valence-corrected chi connectivity index (χ1v) is 12.3. The van der Waals surface area contributed by atoms with Crippen LogP contribution in [0, 0.1) is 0 Å². The van der Waals surface area contributed by atoms with Crippen molar-refractivity contribution < 1.29 is 14.6 Å². The minimum absolute atomic E-state index is 0.00725. The molecule has 34 heavy (non-hydrogen) atoms. The number of benzene rings is 2. The molecule has 0 bridgehead atoms. The van der Waals surface area contributed by atoms with Crippen molar-refractivity contribution in [3.63, 3.8) is 0 Å². The summed E-state index contributed by atoms with van der Waals surface area (Å²) in [6.07, 6.45) is 4.26. The van der Waals surface area contributed by atoms with Crippen molar-refractivity contribution in [2.45, 2.75) is 44.4 Å². The van der Waals surface area contributed by atoms with E-state index in [1.54, 1.807) is 0 Å². The van der Waals surface area contributed by atoms with E-state index in [1.807, 2.05) is 24.4 Å². The fraction of sp³-hybridized carbons (Fsp3) is 0.481. The largest absolute Gasteiger partial charge is 0.486 e. The Morgan fingerprint density at radius 2 is 2.06 bits per heavy atom. The average molecular weight is 463 g/mol. The first kappa shape index (κ1) is 23.0. The zero-order valence-corrected chi connectivity index (χ0v) is 19.9. The molecule has 0 spiro atoms. The topological polar surface area (TPSA) is 70.8 Å². The Morgan fingerprint density at radius 3 is 2.88 bits per heavy atom. The van der Waals surface area contributed by atoms with E-state index < -0.39 is 6.10 Å². The van der Waals surface area contributed by atoms with Crippen LogP contribution < -0.4 is 4.74 Å². The zero-order valence-electron chi connectivity index (χ0n) is 19.9. The molecule has 1 fully saturated rings. The molecule has 180 valence electrons. The molecular weight excluding hydrogens is 428 g/mol. The van der Waals surface area contributed by atoms with Crippen LogP contribution in [0.3, 0.4) is 0 Å². The Bertz CT molecular complexity index is 1140. The molecule has 2 aromatic carbocycles. The van der Waals surface area contributed by atoms with Crippen LogP contribution in [0.25, 0.3) is 10.9 Å². The van der Waals surface area contributed by atoms with Gasteiger partial charge in [-0.1, -0.05) is 24.3 Å². The van der Waals surface area contributed by atoms with Crippen LogP contribution in [0.15, 0.2) is 48.7 Å². The lowest BCUT2D eigenvalue weighted by atomic mass is 9.99. The van der Waals surface area contributed by atoms with E-state index in [2.05, 4.69) is 50.9 Å². The van der Waals surface area contributed by atoms with Gasteiger partial charge in [-0.25, -0.2) is 0 Å². The summed E-state index contributed by atoms with van der Waals surface area (Å²) in [5.74, 6) is 0.685. The molecule has 2 aliphatic rings. The fourth-order valence-corrected chi connectivity index (χ4v) is 5.19. The third kappa shape index (κ3) is 5.32. The van der Waals surface area contributed by atoms with Gasteiger partial charge in [0.2, 0.25) is 0 Å². The van der Waals surface area contributed by atoms with Gasteiger partial charge in [-0.2, -0.15) is 5.10 Å². The van der Waals surface area contributed by atoms with Crippen molar-refractivity contribution in [1.82, 2.24) is 19.6 Å². The number of hydrogen-bond donors (Lipinski definition) is 1. The quantitative estimate of drug-likeness (QED) is 0.527. The second-order valence-electron chi connectivity index (χ2n) is 9.79. The molecule has 0 radical (unpaired) electrons. The molecule has 3 aromatic rings. The van der Waals surface area contributed by atoms with Gasteiger partial charge in [0.1, 0.15) is 12.4 Å². The first-order valence-electron chi connectivity index (χ1n) is 12.3. The highest BCUT2D eigenvalue weighted by Gasteiger charge is 2.23. The molecule has 2 unspecified atom stereocenters. The molecule has 5 rings (SSSR count). The maximum atomic E-state index is 12.4. The van der Waals surface area contributed by atoms with Crippen LogP contribution in [-0.4, -0.2) is 76.4 Å². The van der Waals surface area contributed by atoms with Gasteiger partial charge in [0.15, 0.2) is 5.78 Å². The third-order valence-electron chi connectivity index (χ3n) is 7.11. The molecule has 2 atom stereocenters. The Kier molecular flexibility index (Phi) is 6.94. The van der Waals surface area contributed by atoms with Crippen molar-refractivity contribution in [2.75, 3.05) is 39.8 Å². The highest BCUT2D eigenvalue weighted by molar-refractivity contribution is 5.81. The predicted octanol–water partition coefficient (Wildman–Crippen LogP) is 3.06. The molecule has 2 aliphatic heterocycles. The van der Waals surface area contributed by atoms with Gasteiger partial charge in [-0.15, -0.1) is 0 Å². The Morgan fingerprint density at radius 1 is 1.21 bits per heavy atom. The lowest BCUT2D eigenvalue weighted by molar-refractivity contribution is -0.121. The number of rotatable bonds is 9. The molecule has 1 N–H and O–H groups in total. The molecule has 7 heteroatoms. The number of fused-ring (bicyclic) bond motifs is 2. The minimum atomic E-state index is -0.508. The maximum absolute atomic E-state index is 12.4. The Balaban J connectivity index is 1.07. The van der Waals surface area contributed by atoms with Crippen LogP contribution in [0.5, 0.6) is 5.75 Å². The SMILES string of the molecule is CN1CCC(n2ncc3cc(OCC(=O)CCC(O)CN4CCc5ccccc5C4)ccc32)C1. The number of nitrogens with zero attached hydrogens (tertiary/aromatic N) is 4. The summed E-state index contributed by atoms with van der Waals surface area (Å²) in [6, 6.07) is 14.8. The summed E-state index contributed by atoms with van der Waals surface area (Å²) in [5.41, 5.74) is 3.84. The molecule has 0 aliphatic carbocycles. The van der Waals surface area contributed by atoms with Gasteiger partial charge < -0.3 is 14.7 Å². The Labute approximate surface area is 200 Å². The summed E-state index contributed by atoms with van der Waals surface area (Å²) in [6.45, 7) is 4.54. The number of carbonyl (C=O) groups excluding carboxylic acids is 1. The smallest absolute Gasteiger partial charge is 0.170 e. The van der Waals surface area contributed by atoms with E-state index >= 15 is 0 Å². The fourth-order valence-electron chi connectivity index (χ4n) is 5.19. The summed E-state index contributed by atoms with van der Waals surface area (Å²) in [5, 5.41) is 16.1. The van der Waals surface area contributed by atoms with E-state index in [0.29, 0.717) is 31.2 Å². The van der Waals surface area contributed by atoms with Crippen molar-refractivity contribution in [3.05, 3.63) is 59.8 Å². The van der Waals surface area contributed by atoms with Gasteiger partial charge in [0.25, 0.3) is 0 Å². The molecule has 7 nitrogen and oxygen atoms in total. The van der Waals surface area contributed by atoms with E-state index in [-0.39, 0.29) is 12.4 Å². The van der Waals surface area contributed by atoms with Crippen LogP contribution >= 0.6 is 0 Å². The lowest BCUT2D eigenvalue weighted by Crippen LogP contribution is -2.36. The molecular formula is C27H34N4O3. The number of likely N-dealkylation sites (N-methyl/N-ethyl adjacent to an activating group) is 1. The maximum Gasteiger partial charge on any atom is 0.170 e. The van der Waals surface area contributed by atoms with Crippen molar-refractivity contribution >= 4 is 16.7 Å². The highest BCUT2D eigenvalue weighted by atomic mass is 16.5. The van der Waals surface area contributed by atoms with Crippen molar-refractivity contribution in [2.24, 2.45) is 0 Å². The number of likely N-dealkylation sites (tertiary alicyclic amines) is 1. The summed E-state index contributed by atoms with van der Waals surface area (Å²) >= 11 is 0. The van der Waals surface area contributed by atoms with Gasteiger partial charge >= 0.3 is 0 Å². The molecule has 3 heterocycles. The number of Topliss-reactive ketones (excluding diaryl/α,β-unsaturated/α-hetero) is 1. The van der Waals surface area contributed by atoms with E-state index in [1.165, 1.54) is 11.1 Å². The number of ether oxygens (including phenoxy) is 1. The van der Waals surface area contributed by atoms with Crippen molar-refractivity contribution in [1.29, 1.82) is 0 Å². The summed E-state index contributed by atoms with van der Waals surface area (Å²) < 4.78 is 7.87. The zero-order chi connectivity index (χ0) is 23.5. The number of ketones is 1. The van der Waals surface area contributed by atoms with E-state index in [4.69, 9.17) is 4.74 Å². The molecule has 1 saturated heterocycles. The van der Waals surface area contributed by atoms with Crippen LogP contribution in [0.1, 0.15) is 36.4 Å². The van der Waals surface area contributed by atoms with Crippen molar-refractivity contribution in [3.8, 4) is 5.75 Å². The molecule has 1 aromatic heterocycles. The highest BCUT2D eigenvalue weighted by Crippen LogP contribution is 2.27. The second-order valence-corrected chi connectivity index (χ2v) is 9.79.